The zero-order valence-corrected chi connectivity index (χ0v) is 15.3. The smallest absolute Gasteiger partial charge is 0.234 e. The average Bonchev–Trinajstić information content (AvgIpc) is 2.69. The van der Waals surface area contributed by atoms with Crippen molar-refractivity contribution in [3.63, 3.8) is 0 Å². The van der Waals surface area contributed by atoms with Crippen molar-refractivity contribution in [3.05, 3.63) is 101 Å². The highest BCUT2D eigenvalue weighted by Crippen LogP contribution is 2.39. The van der Waals surface area contributed by atoms with E-state index in [4.69, 9.17) is 0 Å². The van der Waals surface area contributed by atoms with E-state index in [0.717, 1.165) is 11.1 Å². The molecular weight excluding hydrogens is 352 g/mol. The predicted molar refractivity (Wildman–Crippen MR) is 112 cm³/mol. The topological polar surface area (TPSA) is 68.3 Å². The van der Waals surface area contributed by atoms with Gasteiger partial charge in [-0.05, 0) is 42.7 Å². The minimum Gasteiger partial charge on any atom is -0.285 e. The lowest BCUT2D eigenvalue weighted by molar-refractivity contribution is 1.44. The Morgan fingerprint density at radius 3 is 1.71 bits per heavy atom. The Hall–Kier alpha value is -3.66. The fraction of sp³-hybridized carbons (Fsp3) is 0.0833. The van der Waals surface area contributed by atoms with Crippen molar-refractivity contribution in [2.45, 2.75) is 13.8 Å². The molecule has 4 nitrogen and oxygen atoms in total. The van der Waals surface area contributed by atoms with Crippen LogP contribution in [0.3, 0.4) is 0 Å². The molecule has 5 rings (SSSR count). The van der Waals surface area contributed by atoms with E-state index in [1.54, 1.807) is 31.2 Å². The Kier molecular flexibility index (Phi) is 3.20. The summed E-state index contributed by atoms with van der Waals surface area (Å²) in [5.41, 5.74) is 1.37. The summed E-state index contributed by atoms with van der Waals surface area (Å²) < 4.78 is 0. The summed E-state index contributed by atoms with van der Waals surface area (Å²) in [6.45, 7) is 3.70. The zero-order valence-electron chi connectivity index (χ0n) is 15.3. The van der Waals surface area contributed by atoms with Crippen molar-refractivity contribution in [3.8, 4) is 22.3 Å². The zero-order chi connectivity index (χ0) is 19.7. The Balaban J connectivity index is 2.14. The molecule has 0 N–H and O–H groups in total. The third-order valence-corrected chi connectivity index (χ3v) is 5.59. The first-order valence-electron chi connectivity index (χ1n) is 8.96. The molecule has 0 saturated heterocycles. The van der Waals surface area contributed by atoms with Crippen LogP contribution in [0.2, 0.25) is 0 Å². The second-order valence-corrected chi connectivity index (χ2v) is 7.27. The van der Waals surface area contributed by atoms with Crippen LogP contribution in [0.4, 0.5) is 0 Å². The number of rotatable bonds is 1. The van der Waals surface area contributed by atoms with Crippen LogP contribution >= 0.6 is 0 Å². The lowest BCUT2D eigenvalue weighted by atomic mass is 9.83. The second-order valence-electron chi connectivity index (χ2n) is 7.27. The van der Waals surface area contributed by atoms with Crippen molar-refractivity contribution in [1.82, 2.24) is 0 Å². The Morgan fingerprint density at radius 1 is 0.536 bits per heavy atom. The van der Waals surface area contributed by atoms with E-state index >= 15 is 0 Å². The minimum atomic E-state index is -0.642. The van der Waals surface area contributed by atoms with Crippen molar-refractivity contribution in [2.24, 2.45) is 0 Å². The molecule has 0 amide bonds. The van der Waals surface area contributed by atoms with Gasteiger partial charge in [0.25, 0.3) is 0 Å². The van der Waals surface area contributed by atoms with E-state index in [-0.39, 0.29) is 21.5 Å². The maximum atomic E-state index is 13.1. The summed E-state index contributed by atoms with van der Waals surface area (Å²) in [5, 5.41) is 0.835. The van der Waals surface area contributed by atoms with Gasteiger partial charge in [-0.25, -0.2) is 0 Å². The van der Waals surface area contributed by atoms with Crippen molar-refractivity contribution in [1.29, 1.82) is 0 Å². The van der Waals surface area contributed by atoms with Gasteiger partial charge in [0.1, 0.15) is 0 Å². The maximum Gasteiger partial charge on any atom is 0.234 e. The first kappa shape index (κ1) is 16.5. The molecule has 0 aliphatic heterocycles. The van der Waals surface area contributed by atoms with Gasteiger partial charge in [0.05, 0.1) is 0 Å². The molecule has 4 heteroatoms. The largest absolute Gasteiger partial charge is 0.285 e. The molecule has 0 unspecified atom stereocenters. The highest BCUT2D eigenvalue weighted by atomic mass is 16.2. The van der Waals surface area contributed by atoms with E-state index in [1.807, 2.05) is 31.2 Å². The van der Waals surface area contributed by atoms with Gasteiger partial charge < -0.3 is 0 Å². The molecule has 2 aliphatic rings. The standard InChI is InChI=1S/C24H14O4/c1-11-3-6-13(7-4-11)14-9-10-16-19-18-15(22(26)24(28)20(14)19)8-5-12(2)17(18)23(27)21(16)25/h3-10H,1-2H3. The number of hydrogen-bond donors (Lipinski definition) is 0. The van der Waals surface area contributed by atoms with Crippen LogP contribution < -0.4 is 21.7 Å². The molecule has 3 aromatic rings. The highest BCUT2D eigenvalue weighted by Gasteiger charge is 2.27. The summed E-state index contributed by atoms with van der Waals surface area (Å²) in [6.07, 6.45) is 0. The fourth-order valence-corrected chi connectivity index (χ4v) is 4.18. The highest BCUT2D eigenvalue weighted by molar-refractivity contribution is 6.15. The minimum absolute atomic E-state index is 0.191. The Bertz CT molecular complexity index is 1580. The van der Waals surface area contributed by atoms with Gasteiger partial charge in [-0.2, -0.15) is 0 Å². The van der Waals surface area contributed by atoms with Gasteiger partial charge in [-0.15, -0.1) is 0 Å². The van der Waals surface area contributed by atoms with Gasteiger partial charge in [-0.3, -0.25) is 19.2 Å². The van der Waals surface area contributed by atoms with Crippen LogP contribution in [0, 0.1) is 13.8 Å². The summed E-state index contributed by atoms with van der Waals surface area (Å²) in [4.78, 5) is 51.4. The van der Waals surface area contributed by atoms with E-state index < -0.39 is 21.7 Å². The summed E-state index contributed by atoms with van der Waals surface area (Å²) in [5.74, 6) is 0. The van der Waals surface area contributed by atoms with Gasteiger partial charge in [0.15, 0.2) is 0 Å². The van der Waals surface area contributed by atoms with Crippen LogP contribution in [-0.4, -0.2) is 0 Å². The maximum absolute atomic E-state index is 13.1. The first-order valence-corrected chi connectivity index (χ1v) is 8.96. The van der Waals surface area contributed by atoms with Crippen LogP contribution in [0.15, 0.2) is 67.7 Å². The molecule has 0 heterocycles. The van der Waals surface area contributed by atoms with E-state index in [0.29, 0.717) is 22.3 Å². The number of benzene rings is 5. The molecule has 0 spiro atoms. The van der Waals surface area contributed by atoms with Gasteiger partial charge in [-0.1, -0.05) is 42.0 Å². The number of aryl methyl sites for hydroxylation is 2. The van der Waals surface area contributed by atoms with E-state index in [2.05, 4.69) is 0 Å². The van der Waals surface area contributed by atoms with Crippen molar-refractivity contribution >= 4 is 21.5 Å². The molecule has 0 radical (unpaired) electrons. The molecule has 0 bridgehead atoms. The van der Waals surface area contributed by atoms with Crippen molar-refractivity contribution in [2.75, 3.05) is 0 Å². The third-order valence-electron chi connectivity index (χ3n) is 5.59. The second kappa shape index (κ2) is 5.42. The molecule has 0 fully saturated rings. The van der Waals surface area contributed by atoms with Crippen LogP contribution in [0.5, 0.6) is 0 Å². The fourth-order valence-electron chi connectivity index (χ4n) is 4.18. The van der Waals surface area contributed by atoms with Crippen LogP contribution in [-0.2, 0) is 0 Å². The Morgan fingerprint density at radius 2 is 1.07 bits per heavy atom. The first-order chi connectivity index (χ1) is 13.4. The number of hydrogen-bond acceptors (Lipinski definition) is 4. The molecule has 134 valence electrons. The molecule has 0 atom stereocenters. The Labute approximate surface area is 158 Å². The molecule has 28 heavy (non-hydrogen) atoms. The molecule has 0 saturated carbocycles. The lowest BCUT2D eigenvalue weighted by Gasteiger charge is -2.18. The quantitative estimate of drug-likeness (QED) is 0.338. The molecular formula is C24H14O4. The van der Waals surface area contributed by atoms with Crippen LogP contribution in [0.25, 0.3) is 43.8 Å². The molecule has 2 aliphatic carbocycles. The molecule has 3 aromatic carbocycles. The molecule has 0 aromatic heterocycles. The summed E-state index contributed by atoms with van der Waals surface area (Å²) in [7, 11) is 0. The normalized spacial score (nSPS) is 11.8. The van der Waals surface area contributed by atoms with Crippen molar-refractivity contribution < 1.29 is 0 Å². The van der Waals surface area contributed by atoms with Gasteiger partial charge in [0, 0.05) is 32.7 Å². The monoisotopic (exact) mass is 366 g/mol. The van der Waals surface area contributed by atoms with Gasteiger partial charge in [0.2, 0.25) is 21.7 Å². The van der Waals surface area contributed by atoms with E-state index in [1.165, 1.54) is 0 Å². The predicted octanol–water partition coefficient (Wildman–Crippen LogP) is 3.14. The SMILES string of the molecule is Cc1ccc(-c2ccc3c4c2c(=O)c(=O)c2ccc(C)c(c2-4)c(=O)c3=O)cc1. The summed E-state index contributed by atoms with van der Waals surface area (Å²) in [6, 6.07) is 14.0. The lowest BCUT2D eigenvalue weighted by Crippen LogP contribution is -2.32. The van der Waals surface area contributed by atoms with Gasteiger partial charge >= 0.3 is 0 Å². The summed E-state index contributed by atoms with van der Waals surface area (Å²) >= 11 is 0. The average molecular weight is 366 g/mol. The van der Waals surface area contributed by atoms with Crippen LogP contribution in [0.1, 0.15) is 11.1 Å². The third kappa shape index (κ3) is 1.94. The van der Waals surface area contributed by atoms with E-state index in [9.17, 15) is 19.2 Å².